The molecule has 20 heavy (non-hydrogen) atoms. The van der Waals surface area contributed by atoms with Gasteiger partial charge in [-0.05, 0) is 21.9 Å². The van der Waals surface area contributed by atoms with Crippen molar-refractivity contribution in [1.82, 2.24) is 0 Å². The highest BCUT2D eigenvalue weighted by Gasteiger charge is 2.29. The minimum Gasteiger partial charge on any atom is -0.320 e. The van der Waals surface area contributed by atoms with E-state index in [2.05, 4.69) is 0 Å². The monoisotopic (exact) mass is 259 g/mol. The van der Waals surface area contributed by atoms with Crippen LogP contribution < -0.4 is 5.73 Å². The molecule has 0 bridgehead atoms. The lowest BCUT2D eigenvalue weighted by molar-refractivity contribution is 0.103. The molecule has 0 saturated carbocycles. The third-order valence-corrected chi connectivity index (χ3v) is 4.06. The Morgan fingerprint density at radius 3 is 2.45 bits per heavy atom. The third kappa shape index (κ3) is 1.40. The second-order valence-corrected chi connectivity index (χ2v) is 5.14. The van der Waals surface area contributed by atoms with E-state index in [1.165, 1.54) is 0 Å². The van der Waals surface area contributed by atoms with E-state index in [0.717, 1.165) is 33.0 Å². The molecule has 3 aromatic carbocycles. The Labute approximate surface area is 116 Å². The maximum Gasteiger partial charge on any atom is 0.194 e. The molecule has 0 heterocycles. The van der Waals surface area contributed by atoms with E-state index in [1.54, 1.807) is 0 Å². The minimum atomic E-state index is -0.233. The predicted molar refractivity (Wildman–Crippen MR) is 79.9 cm³/mol. The molecule has 1 unspecified atom stereocenters. The van der Waals surface area contributed by atoms with Crippen molar-refractivity contribution < 1.29 is 4.79 Å². The molecule has 0 fully saturated rings. The van der Waals surface area contributed by atoms with E-state index >= 15 is 0 Å². The zero-order valence-corrected chi connectivity index (χ0v) is 10.8. The number of hydrogen-bond acceptors (Lipinski definition) is 2. The molecule has 0 aromatic heterocycles. The minimum absolute atomic E-state index is 0.0779. The lowest BCUT2D eigenvalue weighted by Crippen LogP contribution is -2.24. The Morgan fingerprint density at radius 1 is 0.800 bits per heavy atom. The van der Waals surface area contributed by atoms with Crippen molar-refractivity contribution in [2.24, 2.45) is 5.73 Å². The molecule has 3 aromatic rings. The van der Waals surface area contributed by atoms with Gasteiger partial charge in [0.2, 0.25) is 0 Å². The van der Waals surface area contributed by atoms with Gasteiger partial charge < -0.3 is 5.73 Å². The summed E-state index contributed by atoms with van der Waals surface area (Å²) in [4.78, 5) is 12.8. The number of benzene rings is 3. The summed E-state index contributed by atoms with van der Waals surface area (Å²) in [6, 6.07) is 19.4. The van der Waals surface area contributed by atoms with Crippen LogP contribution in [0.3, 0.4) is 0 Å². The number of rotatable bonds is 0. The molecule has 0 spiro atoms. The molecule has 1 aliphatic carbocycles. The van der Waals surface area contributed by atoms with Gasteiger partial charge in [0.1, 0.15) is 0 Å². The van der Waals surface area contributed by atoms with Gasteiger partial charge >= 0.3 is 0 Å². The number of carbonyl (C=O) groups is 1. The second-order valence-electron chi connectivity index (χ2n) is 5.14. The lowest BCUT2D eigenvalue weighted by atomic mass is 9.80. The van der Waals surface area contributed by atoms with Crippen LogP contribution in [-0.4, -0.2) is 5.78 Å². The van der Waals surface area contributed by atoms with E-state index in [-0.39, 0.29) is 11.8 Å². The molecule has 0 amide bonds. The van der Waals surface area contributed by atoms with Crippen LogP contribution >= 0.6 is 0 Å². The van der Waals surface area contributed by atoms with Gasteiger partial charge in [0.05, 0.1) is 6.04 Å². The Bertz CT molecular complexity index is 851. The smallest absolute Gasteiger partial charge is 0.194 e. The Balaban J connectivity index is 2.11. The molecular weight excluding hydrogens is 246 g/mol. The van der Waals surface area contributed by atoms with E-state index in [4.69, 9.17) is 5.73 Å². The SMILES string of the molecule is NC1c2ccccc2C(=O)c2c1ccc1ccccc21. The first-order valence-electron chi connectivity index (χ1n) is 6.68. The molecule has 1 atom stereocenters. The first-order valence-corrected chi connectivity index (χ1v) is 6.68. The van der Waals surface area contributed by atoms with Crippen LogP contribution in [-0.2, 0) is 0 Å². The van der Waals surface area contributed by atoms with Gasteiger partial charge in [0.25, 0.3) is 0 Å². The average Bonchev–Trinajstić information content (AvgIpc) is 2.51. The highest BCUT2D eigenvalue weighted by Crippen LogP contribution is 2.36. The fourth-order valence-corrected chi connectivity index (χ4v) is 3.08. The fourth-order valence-electron chi connectivity index (χ4n) is 3.08. The molecule has 4 rings (SSSR count). The van der Waals surface area contributed by atoms with Gasteiger partial charge in [-0.25, -0.2) is 0 Å². The van der Waals surface area contributed by atoms with Crippen molar-refractivity contribution in [1.29, 1.82) is 0 Å². The number of ketones is 1. The molecule has 1 aliphatic rings. The quantitative estimate of drug-likeness (QED) is 0.672. The summed E-state index contributed by atoms with van der Waals surface area (Å²) in [5.41, 5.74) is 9.68. The largest absolute Gasteiger partial charge is 0.320 e. The molecule has 96 valence electrons. The molecule has 0 saturated heterocycles. The number of carbonyl (C=O) groups excluding carboxylic acids is 1. The third-order valence-electron chi connectivity index (χ3n) is 4.06. The Kier molecular flexibility index (Phi) is 2.29. The topological polar surface area (TPSA) is 43.1 Å². The Morgan fingerprint density at radius 2 is 1.55 bits per heavy atom. The standard InChI is InChI=1S/C18H13NO/c19-17-13-7-3-4-8-14(13)18(20)16-12-6-2-1-5-11(12)9-10-15(16)17/h1-10,17H,19H2. The first-order chi connectivity index (χ1) is 9.77. The van der Waals surface area contributed by atoms with Crippen LogP contribution in [0.1, 0.15) is 33.1 Å². The summed E-state index contributed by atoms with van der Waals surface area (Å²) in [6.45, 7) is 0. The molecule has 2 nitrogen and oxygen atoms in total. The number of fused-ring (bicyclic) bond motifs is 4. The van der Waals surface area contributed by atoms with Crippen molar-refractivity contribution in [3.63, 3.8) is 0 Å². The maximum atomic E-state index is 12.8. The van der Waals surface area contributed by atoms with Crippen molar-refractivity contribution in [2.75, 3.05) is 0 Å². The van der Waals surface area contributed by atoms with E-state index < -0.39 is 0 Å². The number of nitrogens with two attached hydrogens (primary N) is 1. The molecular formula is C18H13NO. The second kappa shape index (κ2) is 4.02. The van der Waals surface area contributed by atoms with Crippen molar-refractivity contribution in [3.05, 3.63) is 82.9 Å². The maximum absolute atomic E-state index is 12.8. The zero-order valence-electron chi connectivity index (χ0n) is 10.8. The highest BCUT2D eigenvalue weighted by atomic mass is 16.1. The van der Waals surface area contributed by atoms with E-state index in [1.807, 2.05) is 60.7 Å². The van der Waals surface area contributed by atoms with Gasteiger partial charge in [-0.1, -0.05) is 60.7 Å². The molecule has 2 heteroatoms. The average molecular weight is 259 g/mol. The summed E-state index contributed by atoms with van der Waals surface area (Å²) < 4.78 is 0. The highest BCUT2D eigenvalue weighted by molar-refractivity contribution is 6.19. The summed E-state index contributed by atoms with van der Waals surface area (Å²) in [7, 11) is 0. The van der Waals surface area contributed by atoms with Crippen LogP contribution in [0.5, 0.6) is 0 Å². The Hall–Kier alpha value is -2.45. The summed E-state index contributed by atoms with van der Waals surface area (Å²) in [5.74, 6) is 0.0779. The van der Waals surface area contributed by atoms with Gasteiger partial charge in [-0.15, -0.1) is 0 Å². The summed E-state index contributed by atoms with van der Waals surface area (Å²) in [5, 5.41) is 2.06. The van der Waals surface area contributed by atoms with Crippen LogP contribution in [0.15, 0.2) is 60.7 Å². The van der Waals surface area contributed by atoms with Crippen LogP contribution in [0.25, 0.3) is 10.8 Å². The number of hydrogen-bond donors (Lipinski definition) is 1. The van der Waals surface area contributed by atoms with E-state index in [9.17, 15) is 4.79 Å². The van der Waals surface area contributed by atoms with Gasteiger partial charge in [-0.2, -0.15) is 0 Å². The molecule has 2 N–H and O–H groups in total. The lowest BCUT2D eigenvalue weighted by Gasteiger charge is -2.25. The van der Waals surface area contributed by atoms with Gasteiger partial charge in [0, 0.05) is 11.1 Å². The predicted octanol–water partition coefficient (Wildman–Crippen LogP) is 3.43. The molecule has 0 aliphatic heterocycles. The molecule has 0 radical (unpaired) electrons. The normalized spacial score (nSPS) is 16.9. The van der Waals surface area contributed by atoms with Crippen molar-refractivity contribution in [2.45, 2.75) is 6.04 Å². The van der Waals surface area contributed by atoms with Gasteiger partial charge in [-0.3, -0.25) is 4.79 Å². The zero-order chi connectivity index (χ0) is 13.7. The summed E-state index contributed by atoms with van der Waals surface area (Å²) >= 11 is 0. The van der Waals surface area contributed by atoms with Gasteiger partial charge in [0.15, 0.2) is 5.78 Å². The first kappa shape index (κ1) is 11.4. The van der Waals surface area contributed by atoms with Crippen LogP contribution in [0, 0.1) is 0 Å². The van der Waals surface area contributed by atoms with Crippen molar-refractivity contribution >= 4 is 16.6 Å². The van der Waals surface area contributed by atoms with E-state index in [0.29, 0.717) is 0 Å². The van der Waals surface area contributed by atoms with Crippen LogP contribution in [0.4, 0.5) is 0 Å². The van der Waals surface area contributed by atoms with Crippen LogP contribution in [0.2, 0.25) is 0 Å². The van der Waals surface area contributed by atoms with Crippen molar-refractivity contribution in [3.8, 4) is 0 Å². The fraction of sp³-hybridized carbons (Fsp3) is 0.0556. The summed E-state index contributed by atoms with van der Waals surface area (Å²) in [6.07, 6.45) is 0.